The van der Waals surface area contributed by atoms with Crippen LogP contribution in [-0.4, -0.2) is 9.97 Å². The summed E-state index contributed by atoms with van der Waals surface area (Å²) in [6.45, 7) is 2.51. The number of hydrazine groups is 1. The smallest absolute Gasteiger partial charge is 0.162 e. The number of furan rings is 1. The molecule has 0 aliphatic rings. The fourth-order valence-electron chi connectivity index (χ4n) is 1.83. The number of nitrogens with one attached hydrogen (secondary N) is 2. The second kappa shape index (κ2) is 5.07. The van der Waals surface area contributed by atoms with Crippen LogP contribution in [0.25, 0.3) is 11.0 Å². The van der Waals surface area contributed by atoms with Gasteiger partial charge in [-0.25, -0.2) is 15.4 Å². The number of benzene rings is 1. The Labute approximate surface area is 110 Å². The third-order valence-corrected chi connectivity index (χ3v) is 2.79. The molecule has 0 saturated heterocycles. The summed E-state index contributed by atoms with van der Waals surface area (Å²) in [4.78, 5) is 9.03. The van der Waals surface area contributed by atoms with E-state index < -0.39 is 0 Å². The minimum atomic E-state index is 0.584. The molecule has 0 amide bonds. The van der Waals surface area contributed by atoms with E-state index in [1.54, 1.807) is 6.26 Å². The molecule has 0 unspecified atom stereocenters. The summed E-state index contributed by atoms with van der Waals surface area (Å²) in [5, 5.41) is 0. The Morgan fingerprint density at radius 3 is 2.58 bits per heavy atom. The van der Waals surface area contributed by atoms with Crippen LogP contribution >= 0.6 is 0 Å². The number of para-hydroxylation sites is 2. The van der Waals surface area contributed by atoms with Gasteiger partial charge >= 0.3 is 0 Å². The molecule has 0 aliphatic carbocycles. The van der Waals surface area contributed by atoms with Crippen molar-refractivity contribution in [3.63, 3.8) is 0 Å². The first kappa shape index (κ1) is 11.7. The predicted octanol–water partition coefficient (Wildman–Crippen LogP) is 2.65. The molecule has 5 nitrogen and oxygen atoms in total. The Balaban J connectivity index is 1.75. The highest BCUT2D eigenvalue weighted by Crippen LogP contribution is 2.15. The molecule has 0 spiro atoms. The molecule has 19 heavy (non-hydrogen) atoms. The Bertz CT molecular complexity index is 679. The predicted molar refractivity (Wildman–Crippen MR) is 73.4 cm³/mol. The van der Waals surface area contributed by atoms with Crippen molar-refractivity contribution in [2.75, 3.05) is 5.43 Å². The summed E-state index contributed by atoms with van der Waals surface area (Å²) in [5.41, 5.74) is 8.75. The van der Waals surface area contributed by atoms with Crippen molar-refractivity contribution >= 4 is 16.9 Å². The van der Waals surface area contributed by atoms with Gasteiger partial charge in [0, 0.05) is 0 Å². The molecule has 96 valence electrons. The van der Waals surface area contributed by atoms with Gasteiger partial charge in [0.15, 0.2) is 5.82 Å². The minimum absolute atomic E-state index is 0.584. The van der Waals surface area contributed by atoms with Crippen molar-refractivity contribution < 1.29 is 4.42 Å². The number of aromatic nitrogens is 2. The number of anilines is 1. The molecule has 0 radical (unpaired) electrons. The van der Waals surface area contributed by atoms with Crippen molar-refractivity contribution in [1.82, 2.24) is 15.4 Å². The molecule has 2 heterocycles. The SMILES string of the molecule is Cc1nc2ccccc2nc1NNCc1ccco1. The average Bonchev–Trinajstić information content (AvgIpc) is 2.92. The maximum atomic E-state index is 5.23. The zero-order chi connectivity index (χ0) is 13.1. The van der Waals surface area contributed by atoms with Crippen LogP contribution in [0, 0.1) is 6.92 Å². The summed E-state index contributed by atoms with van der Waals surface area (Å²) in [7, 11) is 0. The van der Waals surface area contributed by atoms with Gasteiger partial charge in [-0.1, -0.05) is 12.1 Å². The quantitative estimate of drug-likeness (QED) is 0.701. The van der Waals surface area contributed by atoms with Gasteiger partial charge in [0.05, 0.1) is 29.5 Å². The Kier molecular flexibility index (Phi) is 3.12. The first-order valence-electron chi connectivity index (χ1n) is 6.07. The van der Waals surface area contributed by atoms with Crippen LogP contribution < -0.4 is 10.9 Å². The van der Waals surface area contributed by atoms with Crippen LogP contribution in [0.5, 0.6) is 0 Å². The molecule has 5 heteroatoms. The van der Waals surface area contributed by atoms with E-state index in [9.17, 15) is 0 Å². The molecule has 2 aromatic heterocycles. The van der Waals surface area contributed by atoms with Crippen molar-refractivity contribution in [2.24, 2.45) is 0 Å². The zero-order valence-electron chi connectivity index (χ0n) is 10.6. The van der Waals surface area contributed by atoms with Crippen molar-refractivity contribution in [3.8, 4) is 0 Å². The third kappa shape index (κ3) is 2.56. The Hall–Kier alpha value is -2.40. The van der Waals surface area contributed by atoms with E-state index in [1.807, 2.05) is 43.3 Å². The zero-order valence-corrected chi connectivity index (χ0v) is 10.6. The highest BCUT2D eigenvalue weighted by molar-refractivity contribution is 5.76. The van der Waals surface area contributed by atoms with Gasteiger partial charge in [0.1, 0.15) is 5.76 Å². The molecule has 2 N–H and O–H groups in total. The molecule has 0 fully saturated rings. The number of rotatable bonds is 4. The van der Waals surface area contributed by atoms with Crippen molar-refractivity contribution in [2.45, 2.75) is 13.5 Å². The van der Waals surface area contributed by atoms with Gasteiger partial charge in [-0.2, -0.15) is 0 Å². The number of aryl methyl sites for hydroxylation is 1. The first-order valence-corrected chi connectivity index (χ1v) is 6.07. The van der Waals surface area contributed by atoms with Gasteiger partial charge in [-0.15, -0.1) is 0 Å². The van der Waals surface area contributed by atoms with E-state index in [0.29, 0.717) is 6.54 Å². The topological polar surface area (TPSA) is 63.0 Å². The highest BCUT2D eigenvalue weighted by Gasteiger charge is 2.04. The van der Waals surface area contributed by atoms with E-state index in [2.05, 4.69) is 20.8 Å². The Morgan fingerprint density at radius 1 is 1.05 bits per heavy atom. The monoisotopic (exact) mass is 254 g/mol. The molecular weight excluding hydrogens is 240 g/mol. The lowest BCUT2D eigenvalue weighted by Gasteiger charge is -2.09. The first-order chi connectivity index (χ1) is 9.33. The molecule has 0 saturated carbocycles. The molecule has 3 rings (SSSR count). The maximum absolute atomic E-state index is 5.23. The lowest BCUT2D eigenvalue weighted by Crippen LogP contribution is -2.22. The van der Waals surface area contributed by atoms with Gasteiger partial charge in [-0.3, -0.25) is 0 Å². The average molecular weight is 254 g/mol. The van der Waals surface area contributed by atoms with Crippen LogP contribution in [0.4, 0.5) is 5.82 Å². The summed E-state index contributed by atoms with van der Waals surface area (Å²) in [6, 6.07) is 11.6. The van der Waals surface area contributed by atoms with Gasteiger partial charge in [0.2, 0.25) is 0 Å². The van der Waals surface area contributed by atoms with E-state index >= 15 is 0 Å². The van der Waals surface area contributed by atoms with Crippen molar-refractivity contribution in [3.05, 3.63) is 54.1 Å². The summed E-state index contributed by atoms with van der Waals surface area (Å²) in [6.07, 6.45) is 1.65. The second-order valence-electron chi connectivity index (χ2n) is 4.20. The van der Waals surface area contributed by atoms with Crippen LogP contribution in [-0.2, 0) is 6.54 Å². The highest BCUT2D eigenvalue weighted by atomic mass is 16.3. The molecule has 0 aliphatic heterocycles. The number of hydrogen-bond acceptors (Lipinski definition) is 5. The van der Waals surface area contributed by atoms with Crippen LogP contribution in [0.2, 0.25) is 0 Å². The summed E-state index contributed by atoms with van der Waals surface area (Å²) in [5.74, 6) is 1.59. The third-order valence-electron chi connectivity index (χ3n) is 2.79. The summed E-state index contributed by atoms with van der Waals surface area (Å²) < 4.78 is 5.23. The van der Waals surface area contributed by atoms with Gasteiger partial charge in [-0.05, 0) is 31.2 Å². The number of nitrogens with zero attached hydrogens (tertiary/aromatic N) is 2. The van der Waals surface area contributed by atoms with E-state index in [0.717, 1.165) is 28.3 Å². The van der Waals surface area contributed by atoms with Gasteiger partial charge < -0.3 is 9.84 Å². The lowest BCUT2D eigenvalue weighted by molar-refractivity contribution is 0.494. The standard InChI is InChI=1S/C14H14N4O/c1-10-14(18-15-9-11-5-4-8-19-11)17-13-7-3-2-6-12(13)16-10/h2-8,15H,9H2,1H3,(H,17,18). The largest absolute Gasteiger partial charge is 0.468 e. The van der Waals surface area contributed by atoms with E-state index in [1.165, 1.54) is 0 Å². The lowest BCUT2D eigenvalue weighted by atomic mass is 10.3. The Morgan fingerprint density at radius 2 is 1.84 bits per heavy atom. The van der Waals surface area contributed by atoms with Crippen LogP contribution in [0.15, 0.2) is 47.1 Å². The van der Waals surface area contributed by atoms with Gasteiger partial charge in [0.25, 0.3) is 0 Å². The number of hydrogen-bond donors (Lipinski definition) is 2. The normalized spacial score (nSPS) is 10.8. The van der Waals surface area contributed by atoms with E-state index in [-0.39, 0.29) is 0 Å². The summed E-state index contributed by atoms with van der Waals surface area (Å²) >= 11 is 0. The fourth-order valence-corrected chi connectivity index (χ4v) is 1.83. The molecule has 3 aromatic rings. The van der Waals surface area contributed by atoms with Crippen LogP contribution in [0.3, 0.4) is 0 Å². The minimum Gasteiger partial charge on any atom is -0.468 e. The molecule has 0 bridgehead atoms. The maximum Gasteiger partial charge on any atom is 0.162 e. The molecule has 0 atom stereocenters. The second-order valence-corrected chi connectivity index (χ2v) is 4.20. The van der Waals surface area contributed by atoms with Crippen LogP contribution in [0.1, 0.15) is 11.5 Å². The van der Waals surface area contributed by atoms with E-state index in [4.69, 9.17) is 4.42 Å². The fraction of sp³-hybridized carbons (Fsp3) is 0.143. The van der Waals surface area contributed by atoms with Crippen molar-refractivity contribution in [1.29, 1.82) is 0 Å². The molecular formula is C14H14N4O. The molecule has 1 aromatic carbocycles. The number of fused-ring (bicyclic) bond motifs is 1.